The molecule has 0 heterocycles. The van der Waals surface area contributed by atoms with Crippen molar-refractivity contribution >= 4 is 17.6 Å². The molecule has 0 bridgehead atoms. The number of carbonyl (C=O) groups is 2. The third-order valence-corrected chi connectivity index (χ3v) is 3.43. The number of carbonyl (C=O) groups excluding carboxylic acids is 1. The van der Waals surface area contributed by atoms with Gasteiger partial charge in [-0.25, -0.2) is 0 Å². The summed E-state index contributed by atoms with van der Waals surface area (Å²) < 4.78 is 0. The van der Waals surface area contributed by atoms with Crippen LogP contribution in [0.3, 0.4) is 0 Å². The zero-order chi connectivity index (χ0) is 15.7. The Morgan fingerprint density at radius 2 is 1.86 bits per heavy atom. The Labute approximate surface area is 125 Å². The van der Waals surface area contributed by atoms with Crippen molar-refractivity contribution in [3.63, 3.8) is 0 Å². The highest BCUT2D eigenvalue weighted by Gasteiger charge is 2.17. The Bertz CT molecular complexity index is 448. The molecule has 0 aliphatic rings. The Balaban J connectivity index is 2.67. The third-order valence-electron chi connectivity index (χ3n) is 3.43. The largest absolute Gasteiger partial charge is 0.481 e. The quantitative estimate of drug-likeness (QED) is 0.731. The van der Waals surface area contributed by atoms with Gasteiger partial charge in [0.15, 0.2) is 0 Å². The molecule has 0 fully saturated rings. The van der Waals surface area contributed by atoms with E-state index in [0.717, 1.165) is 18.5 Å². The number of aliphatic carboxylic acids is 1. The smallest absolute Gasteiger partial charge is 0.305 e. The molecule has 0 saturated heterocycles. The van der Waals surface area contributed by atoms with Crippen molar-refractivity contribution in [1.82, 2.24) is 0 Å². The van der Waals surface area contributed by atoms with E-state index in [4.69, 9.17) is 10.8 Å². The second kappa shape index (κ2) is 9.13. The lowest BCUT2D eigenvalue weighted by Crippen LogP contribution is -2.33. The third kappa shape index (κ3) is 6.40. The van der Waals surface area contributed by atoms with Crippen LogP contribution < -0.4 is 10.6 Å². The first-order valence-corrected chi connectivity index (χ1v) is 7.32. The van der Waals surface area contributed by atoms with Crippen molar-refractivity contribution in [2.75, 3.05) is 18.0 Å². The van der Waals surface area contributed by atoms with Crippen LogP contribution in [0, 0.1) is 5.92 Å². The van der Waals surface area contributed by atoms with Crippen molar-refractivity contribution in [3.05, 3.63) is 30.3 Å². The molecular weight excluding hydrogens is 268 g/mol. The van der Waals surface area contributed by atoms with Gasteiger partial charge in [-0.15, -0.1) is 0 Å². The summed E-state index contributed by atoms with van der Waals surface area (Å²) in [5.41, 5.74) is 6.25. The summed E-state index contributed by atoms with van der Waals surface area (Å²) in [6, 6.07) is 9.19. The van der Waals surface area contributed by atoms with E-state index in [1.807, 2.05) is 30.3 Å². The summed E-state index contributed by atoms with van der Waals surface area (Å²) in [5, 5.41) is 8.83. The van der Waals surface area contributed by atoms with Gasteiger partial charge in [-0.05, 0) is 37.4 Å². The van der Waals surface area contributed by atoms with Gasteiger partial charge in [-0.3, -0.25) is 9.59 Å². The van der Waals surface area contributed by atoms with Gasteiger partial charge in [0.2, 0.25) is 5.91 Å². The van der Waals surface area contributed by atoms with Gasteiger partial charge in [-0.1, -0.05) is 25.1 Å². The molecule has 0 saturated carbocycles. The zero-order valence-corrected chi connectivity index (χ0v) is 12.5. The molecule has 21 heavy (non-hydrogen) atoms. The molecule has 0 spiro atoms. The van der Waals surface area contributed by atoms with Gasteiger partial charge in [-0.2, -0.15) is 0 Å². The fraction of sp³-hybridized carbons (Fsp3) is 0.500. The average molecular weight is 292 g/mol. The number of amides is 1. The van der Waals surface area contributed by atoms with Crippen LogP contribution in [0.15, 0.2) is 30.3 Å². The fourth-order valence-corrected chi connectivity index (χ4v) is 2.15. The summed E-state index contributed by atoms with van der Waals surface area (Å²) in [7, 11) is 0. The number of rotatable bonds is 9. The van der Waals surface area contributed by atoms with E-state index in [1.165, 1.54) is 0 Å². The van der Waals surface area contributed by atoms with Gasteiger partial charge in [0.1, 0.15) is 0 Å². The number of nitrogens with two attached hydrogens (primary N) is 1. The second-order valence-corrected chi connectivity index (χ2v) is 5.25. The van der Waals surface area contributed by atoms with E-state index >= 15 is 0 Å². The summed E-state index contributed by atoms with van der Waals surface area (Å²) >= 11 is 0. The molecule has 1 amide bonds. The van der Waals surface area contributed by atoms with Gasteiger partial charge >= 0.3 is 5.97 Å². The first-order chi connectivity index (χ1) is 10.0. The lowest BCUT2D eigenvalue weighted by Gasteiger charge is -2.23. The highest BCUT2D eigenvalue weighted by atomic mass is 16.4. The maximum atomic E-state index is 12.4. The van der Waals surface area contributed by atoms with E-state index in [2.05, 4.69) is 6.92 Å². The topological polar surface area (TPSA) is 83.6 Å². The zero-order valence-electron chi connectivity index (χ0n) is 12.5. The van der Waals surface area contributed by atoms with Gasteiger partial charge in [0, 0.05) is 18.7 Å². The number of carboxylic acids is 1. The Morgan fingerprint density at radius 1 is 1.19 bits per heavy atom. The van der Waals surface area contributed by atoms with E-state index < -0.39 is 5.97 Å². The summed E-state index contributed by atoms with van der Waals surface area (Å²) in [4.78, 5) is 24.7. The maximum absolute atomic E-state index is 12.4. The van der Waals surface area contributed by atoms with Gasteiger partial charge < -0.3 is 15.7 Å². The van der Waals surface area contributed by atoms with Crippen LogP contribution in [0.1, 0.15) is 32.6 Å². The molecule has 5 heteroatoms. The molecule has 1 aromatic carbocycles. The molecule has 0 aromatic heterocycles. The predicted octanol–water partition coefficient (Wildman–Crippen LogP) is 2.26. The number of para-hydroxylation sites is 1. The monoisotopic (exact) mass is 292 g/mol. The molecular formula is C16H24N2O3. The number of hydrogen-bond donors (Lipinski definition) is 2. The van der Waals surface area contributed by atoms with Crippen molar-refractivity contribution in [3.8, 4) is 0 Å². The fourth-order valence-electron chi connectivity index (χ4n) is 2.15. The minimum Gasteiger partial charge on any atom is -0.481 e. The maximum Gasteiger partial charge on any atom is 0.305 e. The highest BCUT2D eigenvalue weighted by molar-refractivity contribution is 5.93. The molecule has 116 valence electrons. The summed E-state index contributed by atoms with van der Waals surface area (Å²) in [5.74, 6) is -0.539. The minimum absolute atomic E-state index is 0.0358. The highest BCUT2D eigenvalue weighted by Crippen LogP contribution is 2.17. The molecule has 1 atom stereocenters. The van der Waals surface area contributed by atoms with E-state index in [-0.39, 0.29) is 18.9 Å². The van der Waals surface area contributed by atoms with Gasteiger partial charge in [0.05, 0.1) is 6.42 Å². The van der Waals surface area contributed by atoms with Crippen LogP contribution in [0.2, 0.25) is 0 Å². The van der Waals surface area contributed by atoms with Crippen molar-refractivity contribution < 1.29 is 14.7 Å². The first kappa shape index (κ1) is 17.2. The number of anilines is 1. The molecule has 1 unspecified atom stereocenters. The van der Waals surface area contributed by atoms with Crippen LogP contribution in [-0.2, 0) is 9.59 Å². The first-order valence-electron chi connectivity index (χ1n) is 7.32. The van der Waals surface area contributed by atoms with Crippen LogP contribution >= 0.6 is 0 Å². The SMILES string of the molecule is CC(CCN)CCC(=O)N(CCC(=O)O)c1ccccc1. The molecule has 0 radical (unpaired) electrons. The Hall–Kier alpha value is -1.88. The van der Waals surface area contributed by atoms with Crippen molar-refractivity contribution in [2.45, 2.75) is 32.6 Å². The standard InChI is InChI=1S/C16H24N2O3/c1-13(9-11-17)7-8-15(19)18(12-10-16(20)21)14-5-3-2-4-6-14/h2-6,13H,7-12,17H2,1H3,(H,20,21). The lowest BCUT2D eigenvalue weighted by atomic mass is 10.0. The lowest BCUT2D eigenvalue weighted by molar-refractivity contribution is -0.136. The molecule has 1 aromatic rings. The van der Waals surface area contributed by atoms with Gasteiger partial charge in [0.25, 0.3) is 0 Å². The van der Waals surface area contributed by atoms with Crippen LogP contribution in [0.4, 0.5) is 5.69 Å². The Morgan fingerprint density at radius 3 is 2.43 bits per heavy atom. The second-order valence-electron chi connectivity index (χ2n) is 5.25. The molecule has 0 aliphatic heterocycles. The number of carboxylic acid groups (broad SMARTS) is 1. The van der Waals surface area contributed by atoms with Crippen LogP contribution in [-0.4, -0.2) is 30.1 Å². The van der Waals surface area contributed by atoms with Crippen LogP contribution in [0.5, 0.6) is 0 Å². The molecule has 3 N–H and O–H groups in total. The van der Waals surface area contributed by atoms with Crippen LogP contribution in [0.25, 0.3) is 0 Å². The van der Waals surface area contributed by atoms with E-state index in [1.54, 1.807) is 4.90 Å². The minimum atomic E-state index is -0.903. The van der Waals surface area contributed by atoms with E-state index in [0.29, 0.717) is 18.9 Å². The van der Waals surface area contributed by atoms with E-state index in [9.17, 15) is 9.59 Å². The average Bonchev–Trinajstić information content (AvgIpc) is 2.46. The number of nitrogens with zero attached hydrogens (tertiary/aromatic N) is 1. The number of benzene rings is 1. The summed E-state index contributed by atoms with van der Waals surface area (Å²) in [6.07, 6.45) is 2.02. The van der Waals surface area contributed by atoms with Crippen molar-refractivity contribution in [2.24, 2.45) is 11.7 Å². The molecule has 1 rings (SSSR count). The molecule has 0 aliphatic carbocycles. The predicted molar refractivity (Wildman–Crippen MR) is 83.1 cm³/mol. The molecule has 5 nitrogen and oxygen atoms in total. The Kier molecular flexibility index (Phi) is 7.46. The normalized spacial score (nSPS) is 11.9. The summed E-state index contributed by atoms with van der Waals surface area (Å²) in [6.45, 7) is 2.89. The van der Waals surface area contributed by atoms with Crippen molar-refractivity contribution in [1.29, 1.82) is 0 Å². The number of hydrogen-bond acceptors (Lipinski definition) is 3.